The Hall–Kier alpha value is -1.80. The summed E-state index contributed by atoms with van der Waals surface area (Å²) in [6.45, 7) is 5.71. The van der Waals surface area contributed by atoms with Crippen molar-refractivity contribution in [2.45, 2.75) is 19.8 Å². The van der Waals surface area contributed by atoms with Crippen LogP contribution in [0, 0.1) is 5.82 Å². The number of halogens is 1. The fraction of sp³-hybridized carbons (Fsp3) is 0.250. The minimum Gasteiger partial charge on any atom is -0.429 e. The maximum absolute atomic E-state index is 12.8. The van der Waals surface area contributed by atoms with Gasteiger partial charge in [0.15, 0.2) is 0 Å². The Balaban J connectivity index is 2.06. The lowest BCUT2D eigenvalue weighted by molar-refractivity contribution is 0.493. The Labute approximate surface area is 124 Å². The maximum Gasteiger partial charge on any atom is 0.338 e. The highest BCUT2D eigenvalue weighted by Crippen LogP contribution is 2.43. The number of nitrogens with one attached hydrogen (secondary N) is 1. The molecule has 0 amide bonds. The molecule has 0 aromatic heterocycles. The van der Waals surface area contributed by atoms with Gasteiger partial charge in [-0.1, -0.05) is 26.0 Å². The molecule has 1 N–H and O–H groups in total. The molecule has 0 saturated heterocycles. The minimum absolute atomic E-state index is 0.336. The third kappa shape index (κ3) is 4.61. The van der Waals surface area contributed by atoms with E-state index in [0.29, 0.717) is 17.4 Å². The highest BCUT2D eigenvalue weighted by atomic mass is 31.2. The molecule has 0 spiro atoms. The Morgan fingerprint density at radius 1 is 1.05 bits per heavy atom. The molecular weight excluding hydrogens is 288 g/mol. The van der Waals surface area contributed by atoms with Crippen LogP contribution in [0.25, 0.3) is 0 Å². The molecule has 0 aliphatic heterocycles. The smallest absolute Gasteiger partial charge is 0.338 e. The Morgan fingerprint density at radius 2 is 1.62 bits per heavy atom. The van der Waals surface area contributed by atoms with E-state index >= 15 is 0 Å². The SMILES string of the molecule is CC(C)c1ccc(O[P@@](C)(=O)Nc2ccc(F)cc2)cc1. The molecule has 0 fully saturated rings. The van der Waals surface area contributed by atoms with Crippen molar-refractivity contribution in [1.82, 2.24) is 0 Å². The average molecular weight is 307 g/mol. The van der Waals surface area contributed by atoms with Crippen molar-refractivity contribution in [2.75, 3.05) is 11.8 Å². The van der Waals surface area contributed by atoms with E-state index < -0.39 is 7.52 Å². The monoisotopic (exact) mass is 307 g/mol. The van der Waals surface area contributed by atoms with Crippen LogP contribution in [0.3, 0.4) is 0 Å². The van der Waals surface area contributed by atoms with Gasteiger partial charge in [-0.3, -0.25) is 4.57 Å². The first kappa shape index (κ1) is 15.6. The van der Waals surface area contributed by atoms with Gasteiger partial charge in [0.2, 0.25) is 0 Å². The summed E-state index contributed by atoms with van der Waals surface area (Å²) in [5.41, 5.74) is 1.75. The van der Waals surface area contributed by atoms with E-state index in [1.165, 1.54) is 36.5 Å². The van der Waals surface area contributed by atoms with Crippen LogP contribution in [-0.2, 0) is 4.57 Å². The van der Waals surface area contributed by atoms with E-state index in [1.807, 2.05) is 12.1 Å². The predicted molar refractivity (Wildman–Crippen MR) is 84.7 cm³/mol. The summed E-state index contributed by atoms with van der Waals surface area (Å²) in [5, 5.41) is 2.80. The standard InChI is InChI=1S/C16H19FNO2P/c1-12(2)13-4-10-16(11-5-13)20-21(3,19)18-15-8-6-14(17)7-9-15/h4-12H,1-3H3,(H,18,19)/t21-/m1/s1. The number of rotatable bonds is 5. The fourth-order valence-electron chi connectivity index (χ4n) is 1.90. The molecule has 2 aromatic carbocycles. The number of hydrogen-bond donors (Lipinski definition) is 1. The zero-order valence-electron chi connectivity index (χ0n) is 12.3. The Morgan fingerprint density at radius 3 is 2.14 bits per heavy atom. The molecule has 0 aliphatic carbocycles. The Kier molecular flexibility index (Phi) is 4.69. The van der Waals surface area contributed by atoms with Crippen LogP contribution in [0.5, 0.6) is 5.75 Å². The van der Waals surface area contributed by atoms with Crippen LogP contribution in [0.4, 0.5) is 10.1 Å². The zero-order valence-corrected chi connectivity index (χ0v) is 13.2. The van der Waals surface area contributed by atoms with E-state index in [2.05, 4.69) is 18.9 Å². The minimum atomic E-state index is -3.06. The second-order valence-corrected chi connectivity index (χ2v) is 7.38. The summed E-state index contributed by atoms with van der Waals surface area (Å²) in [6, 6.07) is 13.2. The first-order chi connectivity index (χ1) is 9.85. The van der Waals surface area contributed by atoms with Gasteiger partial charge in [0.05, 0.1) is 0 Å². The van der Waals surface area contributed by atoms with Gasteiger partial charge in [-0.05, 0) is 47.9 Å². The summed E-state index contributed by atoms with van der Waals surface area (Å²) < 4.78 is 30.8. The van der Waals surface area contributed by atoms with Crippen molar-refractivity contribution in [3.05, 3.63) is 59.9 Å². The van der Waals surface area contributed by atoms with Crippen molar-refractivity contribution < 1.29 is 13.5 Å². The number of anilines is 1. The van der Waals surface area contributed by atoms with Crippen LogP contribution in [0.15, 0.2) is 48.5 Å². The first-order valence-electron chi connectivity index (χ1n) is 6.77. The van der Waals surface area contributed by atoms with Gasteiger partial charge in [-0.25, -0.2) is 4.39 Å². The van der Waals surface area contributed by atoms with Gasteiger partial charge in [-0.2, -0.15) is 0 Å². The van der Waals surface area contributed by atoms with Crippen molar-refractivity contribution in [1.29, 1.82) is 0 Å². The van der Waals surface area contributed by atoms with Crippen LogP contribution < -0.4 is 9.61 Å². The molecule has 112 valence electrons. The van der Waals surface area contributed by atoms with Gasteiger partial charge in [-0.15, -0.1) is 0 Å². The molecule has 0 aliphatic rings. The molecule has 2 aromatic rings. The molecule has 2 rings (SSSR count). The quantitative estimate of drug-likeness (QED) is 0.765. The van der Waals surface area contributed by atoms with Gasteiger partial charge in [0.1, 0.15) is 11.6 Å². The number of benzene rings is 2. The van der Waals surface area contributed by atoms with Crippen molar-refractivity contribution in [3.8, 4) is 5.75 Å². The molecule has 0 heterocycles. The molecule has 0 saturated carbocycles. The molecule has 1 atom stereocenters. The van der Waals surface area contributed by atoms with Crippen LogP contribution >= 0.6 is 7.52 Å². The molecule has 0 radical (unpaired) electrons. The van der Waals surface area contributed by atoms with E-state index in [0.717, 1.165) is 0 Å². The molecule has 5 heteroatoms. The fourth-order valence-corrected chi connectivity index (χ4v) is 3.08. The lowest BCUT2D eigenvalue weighted by Crippen LogP contribution is -2.02. The van der Waals surface area contributed by atoms with Crippen LogP contribution in [0.2, 0.25) is 0 Å². The summed E-state index contributed by atoms with van der Waals surface area (Å²) in [6.07, 6.45) is 0. The van der Waals surface area contributed by atoms with Crippen molar-refractivity contribution >= 4 is 13.2 Å². The first-order valence-corrected chi connectivity index (χ1v) is 8.84. The molecular formula is C16H19FNO2P. The van der Waals surface area contributed by atoms with Gasteiger partial charge in [0.25, 0.3) is 0 Å². The summed E-state index contributed by atoms with van der Waals surface area (Å²) >= 11 is 0. The second-order valence-electron chi connectivity index (χ2n) is 5.28. The second kappa shape index (κ2) is 6.31. The van der Waals surface area contributed by atoms with Crippen LogP contribution in [-0.4, -0.2) is 6.66 Å². The van der Waals surface area contributed by atoms with Gasteiger partial charge >= 0.3 is 7.52 Å². The normalized spacial score (nSPS) is 13.8. The van der Waals surface area contributed by atoms with E-state index in [9.17, 15) is 8.96 Å². The molecule has 0 unspecified atom stereocenters. The summed E-state index contributed by atoms with van der Waals surface area (Å²) in [5.74, 6) is 0.640. The lowest BCUT2D eigenvalue weighted by atomic mass is 10.0. The summed E-state index contributed by atoms with van der Waals surface area (Å²) in [7, 11) is -3.06. The highest BCUT2D eigenvalue weighted by Gasteiger charge is 2.17. The largest absolute Gasteiger partial charge is 0.429 e. The van der Waals surface area contributed by atoms with Gasteiger partial charge in [0, 0.05) is 12.4 Å². The zero-order chi connectivity index (χ0) is 15.5. The maximum atomic E-state index is 12.8. The van der Waals surface area contributed by atoms with Crippen LogP contribution in [0.1, 0.15) is 25.3 Å². The van der Waals surface area contributed by atoms with Crippen molar-refractivity contribution in [3.63, 3.8) is 0 Å². The van der Waals surface area contributed by atoms with E-state index in [1.54, 1.807) is 12.1 Å². The van der Waals surface area contributed by atoms with E-state index in [-0.39, 0.29) is 5.82 Å². The molecule has 3 nitrogen and oxygen atoms in total. The average Bonchev–Trinajstić information content (AvgIpc) is 2.41. The van der Waals surface area contributed by atoms with Crippen molar-refractivity contribution in [2.24, 2.45) is 0 Å². The molecule has 21 heavy (non-hydrogen) atoms. The summed E-state index contributed by atoms with van der Waals surface area (Å²) in [4.78, 5) is 0. The number of hydrogen-bond acceptors (Lipinski definition) is 2. The van der Waals surface area contributed by atoms with Gasteiger partial charge < -0.3 is 9.61 Å². The highest BCUT2D eigenvalue weighted by molar-refractivity contribution is 7.60. The third-order valence-electron chi connectivity index (χ3n) is 3.00. The third-order valence-corrected chi connectivity index (χ3v) is 4.23. The lowest BCUT2D eigenvalue weighted by Gasteiger charge is -2.18. The van der Waals surface area contributed by atoms with E-state index in [4.69, 9.17) is 4.52 Å². The molecule has 0 bridgehead atoms. The Bertz CT molecular complexity index is 638. The topological polar surface area (TPSA) is 38.3 Å². The predicted octanol–water partition coefficient (Wildman–Crippen LogP) is 5.26.